The van der Waals surface area contributed by atoms with Gasteiger partial charge in [0.05, 0.1) is 10.3 Å². The van der Waals surface area contributed by atoms with Gasteiger partial charge in [-0.15, -0.1) is 10.1 Å². The van der Waals surface area contributed by atoms with Gasteiger partial charge in [-0.05, 0) is 19.8 Å². The smallest absolute Gasteiger partial charge is 0.429 e. The summed E-state index contributed by atoms with van der Waals surface area (Å²) in [7, 11) is 0. The molecule has 0 heterocycles. The van der Waals surface area contributed by atoms with Crippen LogP contribution in [0.25, 0.3) is 0 Å². The quantitative estimate of drug-likeness (QED) is 0.141. The number of Topliss-reactive ketones (excluding diaryl/α,β-unsaturated/α-hetero) is 1. The number of aliphatic carboxylic acids is 1. The minimum Gasteiger partial charge on any atom is -0.538 e. The summed E-state index contributed by atoms with van der Waals surface area (Å²) in [6, 6.07) is 0. The van der Waals surface area contributed by atoms with E-state index in [2.05, 4.69) is 9.63 Å². The van der Waals surface area contributed by atoms with E-state index in [-0.39, 0.29) is 19.3 Å². The zero-order valence-corrected chi connectivity index (χ0v) is 9.04. The standard InChI is InChI=1S/C8H11N3O6/c1-5(17-11(15)16)3-2-4-6(12)7(10-9)8(13)14/h5,9H,2-4H2,1H3. The van der Waals surface area contributed by atoms with E-state index in [4.69, 9.17) is 5.53 Å². The molecule has 0 aliphatic rings. The molecular weight excluding hydrogens is 234 g/mol. The van der Waals surface area contributed by atoms with Crippen molar-refractivity contribution in [3.8, 4) is 0 Å². The normalized spacial score (nSPS) is 11.1. The van der Waals surface area contributed by atoms with E-state index in [1.54, 1.807) is 0 Å². The van der Waals surface area contributed by atoms with Gasteiger partial charge in [0.25, 0.3) is 10.9 Å². The van der Waals surface area contributed by atoms with Crippen molar-refractivity contribution in [2.24, 2.45) is 0 Å². The highest BCUT2D eigenvalue weighted by atomic mass is 17.0. The molecule has 17 heavy (non-hydrogen) atoms. The number of nitrogens with one attached hydrogen (secondary N) is 1. The molecule has 9 nitrogen and oxygen atoms in total. The average molecular weight is 245 g/mol. The maximum atomic E-state index is 11.2. The lowest BCUT2D eigenvalue weighted by Crippen LogP contribution is -2.37. The summed E-state index contributed by atoms with van der Waals surface area (Å²) in [5.41, 5.74) is 5.51. The van der Waals surface area contributed by atoms with Crippen LogP contribution >= 0.6 is 0 Å². The van der Waals surface area contributed by atoms with Gasteiger partial charge in [0.15, 0.2) is 5.97 Å². The van der Waals surface area contributed by atoms with Crippen molar-refractivity contribution in [1.29, 1.82) is 5.53 Å². The lowest BCUT2D eigenvalue weighted by Gasteiger charge is -2.07. The third-order valence-electron chi connectivity index (χ3n) is 1.85. The number of carbonyl (C=O) groups excluding carboxylic acids is 2. The molecule has 1 atom stereocenters. The van der Waals surface area contributed by atoms with E-state index >= 15 is 0 Å². The highest BCUT2D eigenvalue weighted by molar-refractivity contribution is 6.61. The first kappa shape index (κ1) is 14.7. The summed E-state index contributed by atoms with van der Waals surface area (Å²) >= 11 is 0. The van der Waals surface area contributed by atoms with Gasteiger partial charge in [-0.3, -0.25) is 4.79 Å². The summed E-state index contributed by atoms with van der Waals surface area (Å²) in [6.07, 6.45) is -0.459. The maximum Gasteiger partial charge on any atom is 0.429 e. The number of hydrogen-bond acceptors (Lipinski definition) is 7. The van der Waals surface area contributed by atoms with E-state index in [1.807, 2.05) is 0 Å². The van der Waals surface area contributed by atoms with Crippen LogP contribution in [0, 0.1) is 15.6 Å². The molecule has 94 valence electrons. The van der Waals surface area contributed by atoms with Crippen LogP contribution in [0.3, 0.4) is 0 Å². The predicted octanol–water partition coefficient (Wildman–Crippen LogP) is -1.25. The first-order valence-electron chi connectivity index (χ1n) is 4.68. The second-order valence-electron chi connectivity index (χ2n) is 3.20. The topological polar surface area (TPSA) is 148 Å². The molecule has 0 amide bonds. The largest absolute Gasteiger partial charge is 0.538 e. The van der Waals surface area contributed by atoms with Crippen molar-refractivity contribution in [3.05, 3.63) is 10.1 Å². The molecule has 0 aromatic rings. The van der Waals surface area contributed by atoms with E-state index in [9.17, 15) is 24.8 Å². The Morgan fingerprint density at radius 1 is 1.53 bits per heavy atom. The van der Waals surface area contributed by atoms with E-state index < -0.39 is 28.7 Å². The zero-order chi connectivity index (χ0) is 13.4. The van der Waals surface area contributed by atoms with E-state index in [1.165, 1.54) is 6.92 Å². The molecule has 0 radical (unpaired) electrons. The Bertz CT molecular complexity index is 373. The minimum atomic E-state index is -1.81. The predicted molar refractivity (Wildman–Crippen MR) is 49.4 cm³/mol. The molecule has 0 aromatic carbocycles. The molecule has 0 spiro atoms. The van der Waals surface area contributed by atoms with Crippen LogP contribution in [0.2, 0.25) is 0 Å². The number of hydrogen-bond donors (Lipinski definition) is 1. The Labute approximate surface area is 95.7 Å². The van der Waals surface area contributed by atoms with Crippen LogP contribution in [-0.4, -0.2) is 33.4 Å². The fourth-order valence-corrected chi connectivity index (χ4v) is 1.09. The lowest BCUT2D eigenvalue weighted by atomic mass is 10.1. The zero-order valence-electron chi connectivity index (χ0n) is 9.04. The van der Waals surface area contributed by atoms with Gasteiger partial charge >= 0.3 is 5.71 Å². The Hall–Kier alpha value is -2.28. The molecule has 0 aliphatic carbocycles. The Kier molecular flexibility index (Phi) is 6.12. The van der Waals surface area contributed by atoms with Gasteiger partial charge in [0, 0.05) is 6.42 Å². The number of carboxylic acids is 1. The minimum absolute atomic E-state index is 0.183. The fraction of sp³-hybridized carbons (Fsp3) is 0.625. The van der Waals surface area contributed by atoms with Crippen LogP contribution in [0.15, 0.2) is 0 Å². The molecule has 1 N–H and O–H groups in total. The highest BCUT2D eigenvalue weighted by Gasteiger charge is 2.23. The molecule has 0 fully saturated rings. The lowest BCUT2D eigenvalue weighted by molar-refractivity contribution is -0.767. The Morgan fingerprint density at radius 3 is 2.53 bits per heavy atom. The van der Waals surface area contributed by atoms with Crippen molar-refractivity contribution in [2.45, 2.75) is 32.3 Å². The van der Waals surface area contributed by atoms with E-state index in [0.717, 1.165) is 0 Å². The second-order valence-corrected chi connectivity index (χ2v) is 3.20. The van der Waals surface area contributed by atoms with Crippen LogP contribution < -0.4 is 5.11 Å². The first-order chi connectivity index (χ1) is 7.88. The summed E-state index contributed by atoms with van der Waals surface area (Å²) in [4.78, 5) is 38.2. The van der Waals surface area contributed by atoms with Crippen molar-refractivity contribution < 1.29 is 29.4 Å². The Balaban J connectivity index is 4.06. The summed E-state index contributed by atoms with van der Waals surface area (Å²) in [5, 5.41) is 19.3. The number of ketones is 1. The number of carboxylic acid groups (broad SMARTS) is 1. The Morgan fingerprint density at radius 2 is 2.12 bits per heavy atom. The average Bonchev–Trinajstić information content (AvgIpc) is 2.16. The molecular formula is C8H11N3O6. The molecule has 0 saturated carbocycles. The maximum absolute atomic E-state index is 11.2. The molecule has 0 bridgehead atoms. The number of nitrogens with zero attached hydrogens (tertiary/aromatic N) is 2. The summed E-state index contributed by atoms with van der Waals surface area (Å²) in [5.74, 6) is -2.65. The van der Waals surface area contributed by atoms with Crippen LogP contribution in [0.1, 0.15) is 26.2 Å². The van der Waals surface area contributed by atoms with Crippen molar-refractivity contribution in [2.75, 3.05) is 0 Å². The summed E-state index contributed by atoms with van der Waals surface area (Å²) < 4.78 is 0. The molecule has 0 aliphatic heterocycles. The van der Waals surface area contributed by atoms with Gasteiger partial charge in [0.2, 0.25) is 0 Å². The molecule has 9 heteroatoms. The van der Waals surface area contributed by atoms with Crippen molar-refractivity contribution in [1.82, 2.24) is 0 Å². The van der Waals surface area contributed by atoms with Gasteiger partial charge < -0.3 is 14.7 Å². The molecule has 1 unspecified atom stereocenters. The van der Waals surface area contributed by atoms with Crippen molar-refractivity contribution >= 4 is 17.5 Å². The van der Waals surface area contributed by atoms with Gasteiger partial charge in [0.1, 0.15) is 6.10 Å². The number of carbonyl (C=O) groups is 2. The van der Waals surface area contributed by atoms with E-state index in [0.29, 0.717) is 0 Å². The monoisotopic (exact) mass is 245 g/mol. The molecule has 0 rings (SSSR count). The third-order valence-corrected chi connectivity index (χ3v) is 1.85. The number of rotatable bonds is 8. The van der Waals surface area contributed by atoms with Crippen LogP contribution in [-0.2, 0) is 14.4 Å². The van der Waals surface area contributed by atoms with Gasteiger partial charge in [-0.2, -0.15) is 0 Å². The fourth-order valence-electron chi connectivity index (χ4n) is 1.09. The second kappa shape index (κ2) is 7.07. The van der Waals surface area contributed by atoms with Crippen LogP contribution in [0.5, 0.6) is 0 Å². The highest BCUT2D eigenvalue weighted by Crippen LogP contribution is 2.05. The molecule has 0 saturated heterocycles. The molecule has 0 aromatic heterocycles. The van der Waals surface area contributed by atoms with Crippen LogP contribution in [0.4, 0.5) is 0 Å². The third kappa shape index (κ3) is 6.00. The van der Waals surface area contributed by atoms with Crippen molar-refractivity contribution in [3.63, 3.8) is 0 Å². The van der Waals surface area contributed by atoms with Gasteiger partial charge in [-0.25, -0.2) is 0 Å². The van der Waals surface area contributed by atoms with Gasteiger partial charge in [-0.1, -0.05) is 0 Å². The first-order valence-corrected chi connectivity index (χ1v) is 4.68. The SMILES string of the molecule is CC(CCCC(=O)C(=[N+]=N)C(=O)[O-])O[N+](=O)[O-]. The summed E-state index contributed by atoms with van der Waals surface area (Å²) in [6.45, 7) is 1.45.